The zero-order valence-electron chi connectivity index (χ0n) is 9.71. The van der Waals surface area contributed by atoms with Gasteiger partial charge in [0.05, 0.1) is 0 Å². The number of imidazole rings is 1. The van der Waals surface area contributed by atoms with Crippen LogP contribution in [0.25, 0.3) is 0 Å². The van der Waals surface area contributed by atoms with Gasteiger partial charge in [-0.3, -0.25) is 4.79 Å². The molecule has 1 unspecified atom stereocenters. The summed E-state index contributed by atoms with van der Waals surface area (Å²) in [6.45, 7) is 0. The fourth-order valence-corrected chi connectivity index (χ4v) is 1.60. The van der Waals surface area contributed by atoms with E-state index < -0.39 is 23.6 Å². The number of hydrogen-bond donors (Lipinski definition) is 4. The molecule has 0 saturated carbocycles. The quantitative estimate of drug-likeness (QED) is 0.631. The SMILES string of the molecule is O=C(NC(C(=O)O)c1ccccc1)c1c[nH]c(=O)[nH]1. The van der Waals surface area contributed by atoms with E-state index >= 15 is 0 Å². The van der Waals surface area contributed by atoms with Gasteiger partial charge in [-0.1, -0.05) is 30.3 Å². The largest absolute Gasteiger partial charge is 0.479 e. The first-order valence-corrected chi connectivity index (χ1v) is 5.44. The molecule has 1 aromatic carbocycles. The third-order valence-electron chi connectivity index (χ3n) is 2.50. The van der Waals surface area contributed by atoms with E-state index in [9.17, 15) is 14.4 Å². The molecule has 4 N–H and O–H groups in total. The summed E-state index contributed by atoms with van der Waals surface area (Å²) in [6, 6.07) is 7.11. The first-order valence-electron chi connectivity index (χ1n) is 5.44. The number of carbonyl (C=O) groups is 2. The number of rotatable bonds is 4. The topological polar surface area (TPSA) is 115 Å². The minimum absolute atomic E-state index is 0.0211. The van der Waals surface area contributed by atoms with Crippen LogP contribution in [0.1, 0.15) is 22.1 Å². The van der Waals surface area contributed by atoms with Crippen molar-refractivity contribution in [3.8, 4) is 0 Å². The molecule has 0 spiro atoms. The van der Waals surface area contributed by atoms with Crippen LogP contribution in [0.15, 0.2) is 41.3 Å². The van der Waals surface area contributed by atoms with Crippen LogP contribution in [0.4, 0.5) is 0 Å². The lowest BCUT2D eigenvalue weighted by Gasteiger charge is -2.13. The Morgan fingerprint density at radius 3 is 2.42 bits per heavy atom. The average molecular weight is 261 g/mol. The maximum Gasteiger partial charge on any atom is 0.330 e. The normalized spacial score (nSPS) is 11.8. The van der Waals surface area contributed by atoms with E-state index in [0.717, 1.165) is 0 Å². The van der Waals surface area contributed by atoms with Crippen LogP contribution in [0, 0.1) is 0 Å². The fraction of sp³-hybridized carbons (Fsp3) is 0.0833. The Balaban J connectivity index is 2.21. The summed E-state index contributed by atoms with van der Waals surface area (Å²) in [6.07, 6.45) is 1.18. The van der Waals surface area contributed by atoms with Crippen LogP contribution in [-0.4, -0.2) is 27.0 Å². The molecule has 0 aliphatic rings. The maximum absolute atomic E-state index is 11.8. The summed E-state index contributed by atoms with van der Waals surface area (Å²) < 4.78 is 0. The van der Waals surface area contributed by atoms with Gasteiger partial charge in [-0.15, -0.1) is 0 Å². The molecular formula is C12H11N3O4. The van der Waals surface area contributed by atoms with Gasteiger partial charge >= 0.3 is 11.7 Å². The van der Waals surface area contributed by atoms with Crippen LogP contribution in [0.5, 0.6) is 0 Å². The van der Waals surface area contributed by atoms with Crippen molar-refractivity contribution in [2.75, 3.05) is 0 Å². The molecule has 7 heteroatoms. The number of carbonyl (C=O) groups excluding carboxylic acids is 1. The highest BCUT2D eigenvalue weighted by Gasteiger charge is 2.22. The van der Waals surface area contributed by atoms with Crippen LogP contribution < -0.4 is 11.0 Å². The molecular weight excluding hydrogens is 250 g/mol. The molecule has 0 bridgehead atoms. The number of carboxylic acids is 1. The van der Waals surface area contributed by atoms with Crippen molar-refractivity contribution >= 4 is 11.9 Å². The van der Waals surface area contributed by atoms with Crippen molar-refractivity contribution in [1.29, 1.82) is 0 Å². The number of benzene rings is 1. The number of aromatic nitrogens is 2. The van der Waals surface area contributed by atoms with Crippen LogP contribution >= 0.6 is 0 Å². The van der Waals surface area contributed by atoms with Gasteiger partial charge in [-0.05, 0) is 5.56 Å². The number of carboxylic acid groups (broad SMARTS) is 1. The van der Waals surface area contributed by atoms with E-state index in [0.29, 0.717) is 5.56 Å². The number of H-pyrrole nitrogens is 2. The summed E-state index contributed by atoms with van der Waals surface area (Å²) in [7, 11) is 0. The van der Waals surface area contributed by atoms with E-state index in [1.54, 1.807) is 30.3 Å². The van der Waals surface area contributed by atoms with Gasteiger partial charge in [-0.2, -0.15) is 0 Å². The molecule has 19 heavy (non-hydrogen) atoms. The highest BCUT2D eigenvalue weighted by atomic mass is 16.4. The molecule has 0 aliphatic carbocycles. The van der Waals surface area contributed by atoms with E-state index in [1.807, 2.05) is 0 Å². The molecule has 7 nitrogen and oxygen atoms in total. The minimum Gasteiger partial charge on any atom is -0.479 e. The molecule has 1 amide bonds. The Bertz CT molecular complexity index is 644. The molecule has 2 aromatic rings. The summed E-state index contributed by atoms with van der Waals surface area (Å²) in [5, 5.41) is 11.5. The third-order valence-corrected chi connectivity index (χ3v) is 2.50. The molecule has 0 saturated heterocycles. The van der Waals surface area contributed by atoms with Crippen molar-refractivity contribution < 1.29 is 14.7 Å². The second-order valence-electron chi connectivity index (χ2n) is 3.81. The van der Waals surface area contributed by atoms with Gasteiger partial charge in [0.2, 0.25) is 0 Å². The van der Waals surface area contributed by atoms with Crippen molar-refractivity contribution in [3.05, 3.63) is 58.3 Å². The van der Waals surface area contributed by atoms with Crippen molar-refractivity contribution in [3.63, 3.8) is 0 Å². The van der Waals surface area contributed by atoms with Gasteiger partial charge in [-0.25, -0.2) is 9.59 Å². The smallest absolute Gasteiger partial charge is 0.330 e. The summed E-state index contributed by atoms with van der Waals surface area (Å²) in [5.74, 6) is -1.85. The molecule has 0 fully saturated rings. The average Bonchev–Trinajstić information content (AvgIpc) is 2.83. The van der Waals surface area contributed by atoms with Gasteiger partial charge in [0.1, 0.15) is 5.69 Å². The summed E-state index contributed by atoms with van der Waals surface area (Å²) >= 11 is 0. The number of nitrogens with one attached hydrogen (secondary N) is 3. The maximum atomic E-state index is 11.8. The Labute approximate surface area is 107 Å². The monoisotopic (exact) mass is 261 g/mol. The van der Waals surface area contributed by atoms with Crippen molar-refractivity contribution in [1.82, 2.24) is 15.3 Å². The van der Waals surface area contributed by atoms with E-state index in [2.05, 4.69) is 15.3 Å². The lowest BCUT2D eigenvalue weighted by atomic mass is 10.1. The Hall–Kier alpha value is -2.83. The first kappa shape index (κ1) is 12.6. The number of aliphatic carboxylic acids is 1. The predicted octanol–water partition coefficient (Wildman–Crippen LogP) is 0.259. The van der Waals surface area contributed by atoms with Gasteiger partial charge in [0.25, 0.3) is 5.91 Å². The number of hydrogen-bond acceptors (Lipinski definition) is 3. The zero-order chi connectivity index (χ0) is 13.8. The highest BCUT2D eigenvalue weighted by Crippen LogP contribution is 2.13. The number of aromatic amines is 2. The molecule has 0 aliphatic heterocycles. The molecule has 1 heterocycles. The first-order chi connectivity index (χ1) is 9.08. The second kappa shape index (κ2) is 5.21. The van der Waals surface area contributed by atoms with E-state index in [-0.39, 0.29) is 5.69 Å². The Kier molecular flexibility index (Phi) is 3.46. The fourth-order valence-electron chi connectivity index (χ4n) is 1.60. The van der Waals surface area contributed by atoms with Crippen LogP contribution in [0.2, 0.25) is 0 Å². The van der Waals surface area contributed by atoms with Crippen LogP contribution in [0.3, 0.4) is 0 Å². The minimum atomic E-state index is -1.18. The predicted molar refractivity (Wildman–Crippen MR) is 65.7 cm³/mol. The van der Waals surface area contributed by atoms with Gasteiger partial charge in [0, 0.05) is 6.20 Å². The number of amides is 1. The van der Waals surface area contributed by atoms with Crippen molar-refractivity contribution in [2.24, 2.45) is 0 Å². The standard InChI is InChI=1S/C12H11N3O4/c16-10(8-6-13-12(19)14-8)15-9(11(17)18)7-4-2-1-3-5-7/h1-6,9H,(H,15,16)(H,17,18)(H2,13,14,19). The Morgan fingerprint density at radius 2 is 1.89 bits per heavy atom. The van der Waals surface area contributed by atoms with Crippen LogP contribution in [-0.2, 0) is 4.79 Å². The highest BCUT2D eigenvalue weighted by molar-refractivity contribution is 5.95. The third kappa shape index (κ3) is 2.89. The van der Waals surface area contributed by atoms with Crippen molar-refractivity contribution in [2.45, 2.75) is 6.04 Å². The van der Waals surface area contributed by atoms with Gasteiger partial charge in [0.15, 0.2) is 6.04 Å². The zero-order valence-corrected chi connectivity index (χ0v) is 9.71. The molecule has 98 valence electrons. The molecule has 1 aromatic heterocycles. The summed E-state index contributed by atoms with van der Waals surface area (Å²) in [5.41, 5.74) is -0.106. The summed E-state index contributed by atoms with van der Waals surface area (Å²) in [4.78, 5) is 38.4. The molecule has 1 atom stereocenters. The molecule has 0 radical (unpaired) electrons. The Morgan fingerprint density at radius 1 is 1.21 bits per heavy atom. The van der Waals surface area contributed by atoms with E-state index in [1.165, 1.54) is 6.20 Å². The van der Waals surface area contributed by atoms with E-state index in [4.69, 9.17) is 5.11 Å². The lowest BCUT2D eigenvalue weighted by Crippen LogP contribution is -2.34. The second-order valence-corrected chi connectivity index (χ2v) is 3.81. The van der Waals surface area contributed by atoms with Gasteiger partial charge < -0.3 is 20.4 Å². The lowest BCUT2D eigenvalue weighted by molar-refractivity contribution is -0.139. The molecule has 2 rings (SSSR count).